The minimum atomic E-state index is 0.591. The number of hydrogen-bond donors (Lipinski definition) is 1. The lowest BCUT2D eigenvalue weighted by atomic mass is 10.3. The summed E-state index contributed by atoms with van der Waals surface area (Å²) in [6.45, 7) is 5.67. The van der Waals surface area contributed by atoms with Crippen LogP contribution in [-0.2, 0) is 13.6 Å². The van der Waals surface area contributed by atoms with E-state index in [2.05, 4.69) is 22.3 Å². The van der Waals surface area contributed by atoms with Gasteiger partial charge in [-0.2, -0.15) is 5.10 Å². The highest BCUT2D eigenvalue weighted by Gasteiger charge is 2.05. The SMILES string of the molecule is CCNCc1cccc(Oc2cc(C)nn2C)n1. The van der Waals surface area contributed by atoms with E-state index in [1.165, 1.54) is 0 Å². The minimum absolute atomic E-state index is 0.591. The molecule has 5 nitrogen and oxygen atoms in total. The zero-order valence-electron chi connectivity index (χ0n) is 11.0. The first kappa shape index (κ1) is 12.6. The van der Waals surface area contributed by atoms with Crippen molar-refractivity contribution in [1.29, 1.82) is 0 Å². The van der Waals surface area contributed by atoms with Crippen molar-refractivity contribution in [2.75, 3.05) is 6.54 Å². The number of hydrogen-bond acceptors (Lipinski definition) is 4. The van der Waals surface area contributed by atoms with Crippen LogP contribution in [0.5, 0.6) is 11.8 Å². The Morgan fingerprint density at radius 2 is 2.22 bits per heavy atom. The Labute approximate surface area is 107 Å². The molecule has 0 aliphatic rings. The van der Waals surface area contributed by atoms with Crippen LogP contribution < -0.4 is 10.1 Å². The van der Waals surface area contributed by atoms with Gasteiger partial charge in [-0.05, 0) is 19.5 Å². The van der Waals surface area contributed by atoms with Gasteiger partial charge in [0, 0.05) is 25.7 Å². The number of nitrogens with one attached hydrogen (secondary N) is 1. The van der Waals surface area contributed by atoms with Crippen molar-refractivity contribution >= 4 is 0 Å². The van der Waals surface area contributed by atoms with Crippen molar-refractivity contribution in [3.63, 3.8) is 0 Å². The molecule has 0 aliphatic carbocycles. The van der Waals surface area contributed by atoms with Crippen LogP contribution in [-0.4, -0.2) is 21.3 Å². The van der Waals surface area contributed by atoms with Gasteiger partial charge in [-0.15, -0.1) is 0 Å². The molecule has 2 aromatic rings. The van der Waals surface area contributed by atoms with Crippen LogP contribution in [0.1, 0.15) is 18.3 Å². The smallest absolute Gasteiger partial charge is 0.221 e. The molecule has 0 saturated carbocycles. The highest BCUT2D eigenvalue weighted by molar-refractivity contribution is 5.23. The van der Waals surface area contributed by atoms with Gasteiger partial charge in [0.2, 0.25) is 11.8 Å². The van der Waals surface area contributed by atoms with Crippen LogP contribution in [0, 0.1) is 6.92 Å². The molecule has 0 unspecified atom stereocenters. The molecule has 0 spiro atoms. The zero-order chi connectivity index (χ0) is 13.0. The summed E-state index contributed by atoms with van der Waals surface area (Å²) in [4.78, 5) is 4.43. The summed E-state index contributed by atoms with van der Waals surface area (Å²) in [5.74, 6) is 1.29. The molecule has 0 aliphatic heterocycles. The van der Waals surface area contributed by atoms with E-state index in [0.717, 1.165) is 24.5 Å². The second kappa shape index (κ2) is 5.64. The van der Waals surface area contributed by atoms with Crippen molar-refractivity contribution in [2.24, 2.45) is 7.05 Å². The van der Waals surface area contributed by atoms with Gasteiger partial charge < -0.3 is 10.1 Å². The van der Waals surface area contributed by atoms with Gasteiger partial charge in [0.1, 0.15) is 0 Å². The lowest BCUT2D eigenvalue weighted by molar-refractivity contribution is 0.413. The predicted octanol–water partition coefficient (Wildman–Crippen LogP) is 2.03. The standard InChI is InChI=1S/C13H18N4O/c1-4-14-9-11-6-5-7-12(15-11)18-13-8-10(2)16-17(13)3/h5-8,14H,4,9H2,1-3H3. The highest BCUT2D eigenvalue weighted by atomic mass is 16.5. The lowest BCUT2D eigenvalue weighted by Gasteiger charge is -2.06. The fraction of sp³-hybridized carbons (Fsp3) is 0.385. The van der Waals surface area contributed by atoms with Crippen molar-refractivity contribution < 1.29 is 4.74 Å². The Kier molecular flexibility index (Phi) is 3.94. The molecule has 2 aromatic heterocycles. The average molecular weight is 246 g/mol. The van der Waals surface area contributed by atoms with Crippen LogP contribution in [0.3, 0.4) is 0 Å². The number of aryl methyl sites for hydroxylation is 2. The van der Waals surface area contributed by atoms with Crippen molar-refractivity contribution in [3.8, 4) is 11.8 Å². The zero-order valence-corrected chi connectivity index (χ0v) is 11.0. The van der Waals surface area contributed by atoms with Gasteiger partial charge >= 0.3 is 0 Å². The number of ether oxygens (including phenoxy) is 1. The molecular formula is C13H18N4O. The first-order valence-electron chi connectivity index (χ1n) is 6.04. The molecule has 0 bridgehead atoms. The maximum absolute atomic E-state index is 5.71. The van der Waals surface area contributed by atoms with Gasteiger partial charge in [0.15, 0.2) is 0 Å². The summed E-state index contributed by atoms with van der Waals surface area (Å²) in [6, 6.07) is 7.65. The Morgan fingerprint density at radius 1 is 1.39 bits per heavy atom. The Hall–Kier alpha value is -1.88. The maximum atomic E-state index is 5.71. The molecule has 0 atom stereocenters. The number of pyridine rings is 1. The third kappa shape index (κ3) is 3.07. The Balaban J connectivity index is 2.11. The van der Waals surface area contributed by atoms with E-state index in [0.29, 0.717) is 11.8 Å². The molecular weight excluding hydrogens is 228 g/mol. The summed E-state index contributed by atoms with van der Waals surface area (Å²) in [7, 11) is 1.85. The van der Waals surface area contributed by atoms with Crippen molar-refractivity contribution in [2.45, 2.75) is 20.4 Å². The Bertz CT molecular complexity index is 521. The largest absolute Gasteiger partial charge is 0.421 e. The van der Waals surface area contributed by atoms with E-state index >= 15 is 0 Å². The van der Waals surface area contributed by atoms with E-state index in [1.54, 1.807) is 4.68 Å². The lowest BCUT2D eigenvalue weighted by Crippen LogP contribution is -2.12. The molecule has 96 valence electrons. The van der Waals surface area contributed by atoms with Crippen molar-refractivity contribution in [3.05, 3.63) is 35.7 Å². The molecule has 5 heteroatoms. The fourth-order valence-electron chi connectivity index (χ4n) is 1.66. The third-order valence-electron chi connectivity index (χ3n) is 2.51. The predicted molar refractivity (Wildman–Crippen MR) is 69.6 cm³/mol. The summed E-state index contributed by atoms with van der Waals surface area (Å²) < 4.78 is 7.41. The van der Waals surface area contributed by atoms with E-state index < -0.39 is 0 Å². The van der Waals surface area contributed by atoms with Crippen LogP contribution in [0.4, 0.5) is 0 Å². The second-order valence-electron chi connectivity index (χ2n) is 4.10. The van der Waals surface area contributed by atoms with Gasteiger partial charge in [-0.1, -0.05) is 13.0 Å². The molecule has 2 rings (SSSR count). The molecule has 0 aromatic carbocycles. The van der Waals surface area contributed by atoms with E-state index in [-0.39, 0.29) is 0 Å². The molecule has 1 N–H and O–H groups in total. The van der Waals surface area contributed by atoms with E-state index in [4.69, 9.17) is 4.74 Å². The molecule has 0 amide bonds. The quantitative estimate of drug-likeness (QED) is 0.877. The summed E-state index contributed by atoms with van der Waals surface area (Å²) in [5.41, 5.74) is 1.89. The van der Waals surface area contributed by atoms with Gasteiger partial charge in [0.05, 0.1) is 11.4 Å². The number of nitrogens with zero attached hydrogens (tertiary/aromatic N) is 3. The normalized spacial score (nSPS) is 10.6. The average Bonchev–Trinajstić information content (AvgIpc) is 2.66. The fourth-order valence-corrected chi connectivity index (χ4v) is 1.66. The van der Waals surface area contributed by atoms with Crippen LogP contribution >= 0.6 is 0 Å². The number of aromatic nitrogens is 3. The van der Waals surface area contributed by atoms with Crippen LogP contribution in [0.15, 0.2) is 24.3 Å². The summed E-state index contributed by atoms with van der Waals surface area (Å²) in [6.07, 6.45) is 0. The number of rotatable bonds is 5. The highest BCUT2D eigenvalue weighted by Crippen LogP contribution is 2.19. The second-order valence-corrected chi connectivity index (χ2v) is 4.10. The minimum Gasteiger partial charge on any atom is -0.421 e. The molecule has 0 saturated heterocycles. The monoisotopic (exact) mass is 246 g/mol. The van der Waals surface area contributed by atoms with Gasteiger partial charge in [0.25, 0.3) is 0 Å². The summed E-state index contributed by atoms with van der Waals surface area (Å²) in [5, 5.41) is 7.47. The van der Waals surface area contributed by atoms with E-state index in [1.807, 2.05) is 38.2 Å². The van der Waals surface area contributed by atoms with Crippen molar-refractivity contribution in [1.82, 2.24) is 20.1 Å². The van der Waals surface area contributed by atoms with Crippen LogP contribution in [0.2, 0.25) is 0 Å². The van der Waals surface area contributed by atoms with Gasteiger partial charge in [-0.25, -0.2) is 9.67 Å². The molecule has 0 fully saturated rings. The van der Waals surface area contributed by atoms with Gasteiger partial charge in [-0.3, -0.25) is 0 Å². The van der Waals surface area contributed by atoms with Crippen LogP contribution in [0.25, 0.3) is 0 Å². The first-order chi connectivity index (χ1) is 8.69. The summed E-state index contributed by atoms with van der Waals surface area (Å²) >= 11 is 0. The Morgan fingerprint density at radius 3 is 2.89 bits per heavy atom. The maximum Gasteiger partial charge on any atom is 0.221 e. The molecule has 2 heterocycles. The first-order valence-corrected chi connectivity index (χ1v) is 6.04. The molecule has 0 radical (unpaired) electrons. The molecule has 18 heavy (non-hydrogen) atoms. The third-order valence-corrected chi connectivity index (χ3v) is 2.51. The topological polar surface area (TPSA) is 52.0 Å². The van der Waals surface area contributed by atoms with E-state index in [9.17, 15) is 0 Å².